The molecule has 1 aromatic rings. The second-order valence-electron chi connectivity index (χ2n) is 3.00. The zero-order chi connectivity index (χ0) is 10.4. The number of anilines is 1. The molecule has 2 nitrogen and oxygen atoms in total. The molecule has 0 saturated carbocycles. The minimum atomic E-state index is 0.0917. The maximum atomic E-state index is 11.4. The lowest BCUT2D eigenvalue weighted by atomic mass is 10.3. The number of carbonyl (C=O) groups is 1. The van der Waals surface area contributed by atoms with E-state index in [0.29, 0.717) is 6.42 Å². The van der Waals surface area contributed by atoms with Gasteiger partial charge < -0.3 is 5.32 Å². The van der Waals surface area contributed by atoms with Gasteiger partial charge in [0.15, 0.2) is 0 Å². The minimum Gasteiger partial charge on any atom is -0.325 e. The minimum absolute atomic E-state index is 0.0917. The van der Waals surface area contributed by atoms with Gasteiger partial charge in [-0.15, -0.1) is 11.8 Å². The number of nitrogens with one attached hydrogen (secondary N) is 1. The number of hydrogen-bond acceptors (Lipinski definition) is 2. The second-order valence-corrected chi connectivity index (χ2v) is 3.85. The van der Waals surface area contributed by atoms with E-state index >= 15 is 0 Å². The lowest BCUT2D eigenvalue weighted by Gasteiger charge is -2.08. The Morgan fingerprint density at radius 3 is 2.79 bits per heavy atom. The SMILES string of the molecule is CCCC(=O)Nc1ccccc1SC. The van der Waals surface area contributed by atoms with Gasteiger partial charge in [0, 0.05) is 11.3 Å². The third-order valence-electron chi connectivity index (χ3n) is 1.86. The highest BCUT2D eigenvalue weighted by molar-refractivity contribution is 7.98. The number of hydrogen-bond donors (Lipinski definition) is 1. The first-order valence-corrected chi connectivity index (χ1v) is 5.93. The van der Waals surface area contributed by atoms with Gasteiger partial charge in [0.05, 0.1) is 5.69 Å². The smallest absolute Gasteiger partial charge is 0.224 e. The lowest BCUT2D eigenvalue weighted by molar-refractivity contribution is -0.116. The van der Waals surface area contributed by atoms with Crippen LogP contribution in [-0.2, 0) is 4.79 Å². The molecule has 0 aliphatic rings. The molecule has 76 valence electrons. The number of para-hydroxylation sites is 1. The van der Waals surface area contributed by atoms with Crippen molar-refractivity contribution in [2.24, 2.45) is 0 Å². The van der Waals surface area contributed by atoms with Crippen LogP contribution in [0.5, 0.6) is 0 Å². The fourth-order valence-electron chi connectivity index (χ4n) is 1.19. The van der Waals surface area contributed by atoms with Gasteiger partial charge in [-0.3, -0.25) is 4.79 Å². The molecule has 1 rings (SSSR count). The van der Waals surface area contributed by atoms with Gasteiger partial charge >= 0.3 is 0 Å². The standard InChI is InChI=1S/C11H15NOS/c1-3-6-11(13)12-9-7-4-5-8-10(9)14-2/h4-5,7-8H,3,6H2,1-2H3,(H,12,13). The third kappa shape index (κ3) is 3.07. The topological polar surface area (TPSA) is 29.1 Å². The lowest BCUT2D eigenvalue weighted by Crippen LogP contribution is -2.11. The van der Waals surface area contributed by atoms with Crippen molar-refractivity contribution in [3.63, 3.8) is 0 Å². The fraction of sp³-hybridized carbons (Fsp3) is 0.364. The second kappa shape index (κ2) is 5.70. The predicted octanol–water partition coefficient (Wildman–Crippen LogP) is 3.15. The molecule has 0 aromatic heterocycles. The van der Waals surface area contributed by atoms with Gasteiger partial charge in [-0.25, -0.2) is 0 Å². The summed E-state index contributed by atoms with van der Waals surface area (Å²) in [6.45, 7) is 2.00. The molecule has 0 unspecified atom stereocenters. The average molecular weight is 209 g/mol. The Morgan fingerprint density at radius 1 is 1.43 bits per heavy atom. The summed E-state index contributed by atoms with van der Waals surface area (Å²) in [7, 11) is 0. The van der Waals surface area contributed by atoms with Crippen LogP contribution in [0.2, 0.25) is 0 Å². The van der Waals surface area contributed by atoms with Gasteiger partial charge in [-0.2, -0.15) is 0 Å². The van der Waals surface area contributed by atoms with Crippen LogP contribution in [0.25, 0.3) is 0 Å². The molecule has 0 aliphatic carbocycles. The Balaban J connectivity index is 2.70. The van der Waals surface area contributed by atoms with Crippen LogP contribution < -0.4 is 5.32 Å². The van der Waals surface area contributed by atoms with Crippen LogP contribution in [0.1, 0.15) is 19.8 Å². The molecule has 0 saturated heterocycles. The van der Waals surface area contributed by atoms with Gasteiger partial charge in [-0.05, 0) is 24.8 Å². The number of carbonyl (C=O) groups excluding carboxylic acids is 1. The Labute approximate surface area is 89.1 Å². The van der Waals surface area contributed by atoms with E-state index in [1.165, 1.54) is 0 Å². The van der Waals surface area contributed by atoms with Crippen LogP contribution in [0.15, 0.2) is 29.2 Å². The molecule has 0 spiro atoms. The first-order valence-electron chi connectivity index (χ1n) is 4.70. The van der Waals surface area contributed by atoms with E-state index in [2.05, 4.69) is 5.32 Å². The first kappa shape index (κ1) is 11.1. The maximum absolute atomic E-state index is 11.4. The average Bonchev–Trinajstić information content (AvgIpc) is 2.19. The summed E-state index contributed by atoms with van der Waals surface area (Å²) in [5, 5.41) is 2.90. The Kier molecular flexibility index (Phi) is 4.53. The van der Waals surface area contributed by atoms with Crippen LogP contribution >= 0.6 is 11.8 Å². The summed E-state index contributed by atoms with van der Waals surface area (Å²) >= 11 is 1.64. The molecule has 0 radical (unpaired) electrons. The monoisotopic (exact) mass is 209 g/mol. The number of thioether (sulfide) groups is 1. The first-order chi connectivity index (χ1) is 6.77. The molecule has 0 atom stereocenters. The molecule has 0 bridgehead atoms. The maximum Gasteiger partial charge on any atom is 0.224 e. The Morgan fingerprint density at radius 2 is 2.14 bits per heavy atom. The highest BCUT2D eigenvalue weighted by Crippen LogP contribution is 2.24. The van der Waals surface area contributed by atoms with Gasteiger partial charge in [0.25, 0.3) is 0 Å². The van der Waals surface area contributed by atoms with Crippen LogP contribution in [0, 0.1) is 0 Å². The van der Waals surface area contributed by atoms with Gasteiger partial charge in [0.1, 0.15) is 0 Å². The van der Waals surface area contributed by atoms with Crippen molar-refractivity contribution in [1.29, 1.82) is 0 Å². The van der Waals surface area contributed by atoms with Crippen molar-refractivity contribution < 1.29 is 4.79 Å². The molecule has 0 fully saturated rings. The summed E-state index contributed by atoms with van der Waals surface area (Å²) in [4.78, 5) is 12.5. The van der Waals surface area contributed by atoms with E-state index in [-0.39, 0.29) is 5.91 Å². The highest BCUT2D eigenvalue weighted by Gasteiger charge is 2.03. The predicted molar refractivity (Wildman–Crippen MR) is 61.8 cm³/mol. The molecule has 1 amide bonds. The highest BCUT2D eigenvalue weighted by atomic mass is 32.2. The number of rotatable bonds is 4. The van der Waals surface area contributed by atoms with Crippen molar-refractivity contribution in [2.75, 3.05) is 11.6 Å². The van der Waals surface area contributed by atoms with Crippen molar-refractivity contribution in [1.82, 2.24) is 0 Å². The zero-order valence-electron chi connectivity index (χ0n) is 8.54. The fourth-order valence-corrected chi connectivity index (χ4v) is 1.74. The number of amides is 1. The van der Waals surface area contributed by atoms with Crippen molar-refractivity contribution in [3.05, 3.63) is 24.3 Å². The number of benzene rings is 1. The molecular formula is C11H15NOS. The molecule has 1 aromatic carbocycles. The van der Waals surface area contributed by atoms with Gasteiger partial charge in [-0.1, -0.05) is 19.1 Å². The Hall–Kier alpha value is -0.960. The molecular weight excluding hydrogens is 194 g/mol. The van der Waals surface area contributed by atoms with E-state index in [1.54, 1.807) is 11.8 Å². The van der Waals surface area contributed by atoms with Crippen molar-refractivity contribution in [3.8, 4) is 0 Å². The van der Waals surface area contributed by atoms with E-state index in [1.807, 2.05) is 37.4 Å². The largest absolute Gasteiger partial charge is 0.325 e. The molecule has 14 heavy (non-hydrogen) atoms. The summed E-state index contributed by atoms with van der Waals surface area (Å²) in [6.07, 6.45) is 3.47. The summed E-state index contributed by atoms with van der Waals surface area (Å²) in [5.74, 6) is 0.0917. The molecule has 1 N–H and O–H groups in total. The van der Waals surface area contributed by atoms with E-state index in [4.69, 9.17) is 0 Å². The van der Waals surface area contributed by atoms with Crippen molar-refractivity contribution >= 4 is 23.4 Å². The van der Waals surface area contributed by atoms with Crippen LogP contribution in [0.3, 0.4) is 0 Å². The zero-order valence-corrected chi connectivity index (χ0v) is 9.36. The van der Waals surface area contributed by atoms with E-state index in [0.717, 1.165) is 17.0 Å². The quantitative estimate of drug-likeness (QED) is 0.772. The Bertz CT molecular complexity index is 312. The third-order valence-corrected chi connectivity index (χ3v) is 2.65. The van der Waals surface area contributed by atoms with E-state index in [9.17, 15) is 4.79 Å². The summed E-state index contributed by atoms with van der Waals surface area (Å²) in [5.41, 5.74) is 0.915. The van der Waals surface area contributed by atoms with Crippen LogP contribution in [-0.4, -0.2) is 12.2 Å². The summed E-state index contributed by atoms with van der Waals surface area (Å²) < 4.78 is 0. The van der Waals surface area contributed by atoms with Gasteiger partial charge in [0.2, 0.25) is 5.91 Å². The molecule has 0 heterocycles. The van der Waals surface area contributed by atoms with Crippen molar-refractivity contribution in [2.45, 2.75) is 24.7 Å². The normalized spacial score (nSPS) is 9.86. The summed E-state index contributed by atoms with van der Waals surface area (Å²) in [6, 6.07) is 7.84. The molecule has 0 aliphatic heterocycles. The van der Waals surface area contributed by atoms with E-state index < -0.39 is 0 Å². The van der Waals surface area contributed by atoms with Crippen LogP contribution in [0.4, 0.5) is 5.69 Å². The molecule has 3 heteroatoms.